The SMILES string of the molecule is CC1CCCC2CN(c3nc(N)nc4c3CCCC43CCCC3)CCN12. The van der Waals surface area contributed by atoms with E-state index in [2.05, 4.69) is 16.7 Å². The molecule has 2 unspecified atom stereocenters. The average molecular weight is 356 g/mol. The minimum atomic E-state index is 0.306. The van der Waals surface area contributed by atoms with E-state index in [1.807, 2.05) is 0 Å². The fourth-order valence-electron chi connectivity index (χ4n) is 6.39. The van der Waals surface area contributed by atoms with E-state index in [4.69, 9.17) is 15.7 Å². The van der Waals surface area contributed by atoms with Gasteiger partial charge in [0, 0.05) is 42.7 Å². The van der Waals surface area contributed by atoms with Crippen LogP contribution in [0.25, 0.3) is 0 Å². The van der Waals surface area contributed by atoms with Crippen LogP contribution in [0.3, 0.4) is 0 Å². The van der Waals surface area contributed by atoms with Crippen LogP contribution in [0.4, 0.5) is 11.8 Å². The average Bonchev–Trinajstić information content (AvgIpc) is 3.11. The highest BCUT2D eigenvalue weighted by Gasteiger charge is 2.43. The third-order valence-electron chi connectivity index (χ3n) is 7.70. The minimum Gasteiger partial charge on any atom is -0.368 e. The van der Waals surface area contributed by atoms with Crippen molar-refractivity contribution in [2.45, 2.75) is 88.6 Å². The molecule has 26 heavy (non-hydrogen) atoms. The molecule has 1 saturated carbocycles. The Balaban J connectivity index is 1.49. The van der Waals surface area contributed by atoms with Gasteiger partial charge < -0.3 is 10.6 Å². The second-order valence-corrected chi connectivity index (χ2v) is 9.19. The Labute approximate surface area is 157 Å². The first-order valence-electron chi connectivity index (χ1n) is 10.8. The van der Waals surface area contributed by atoms with Crippen LogP contribution < -0.4 is 10.6 Å². The zero-order valence-electron chi connectivity index (χ0n) is 16.2. The summed E-state index contributed by atoms with van der Waals surface area (Å²) in [5.74, 6) is 1.67. The number of hydrogen-bond acceptors (Lipinski definition) is 5. The molecule has 2 aliphatic carbocycles. The molecular formula is C21H33N5. The van der Waals surface area contributed by atoms with Gasteiger partial charge in [-0.3, -0.25) is 4.90 Å². The van der Waals surface area contributed by atoms with E-state index in [0.29, 0.717) is 17.4 Å². The third kappa shape index (κ3) is 2.62. The molecule has 4 aliphatic rings. The lowest BCUT2D eigenvalue weighted by Gasteiger charge is -2.48. The predicted molar refractivity (Wildman–Crippen MR) is 106 cm³/mol. The van der Waals surface area contributed by atoms with Crippen LogP contribution in [-0.2, 0) is 11.8 Å². The Hall–Kier alpha value is -1.36. The molecule has 5 rings (SSSR count). The topological polar surface area (TPSA) is 58.3 Å². The molecule has 0 aromatic carbocycles. The smallest absolute Gasteiger partial charge is 0.222 e. The quantitative estimate of drug-likeness (QED) is 0.838. The van der Waals surface area contributed by atoms with Crippen molar-refractivity contribution in [3.8, 4) is 0 Å². The number of anilines is 2. The second kappa shape index (κ2) is 6.36. The largest absolute Gasteiger partial charge is 0.368 e. The fourth-order valence-corrected chi connectivity index (χ4v) is 6.39. The fraction of sp³-hybridized carbons (Fsp3) is 0.810. The summed E-state index contributed by atoms with van der Waals surface area (Å²) in [4.78, 5) is 14.9. The van der Waals surface area contributed by atoms with Gasteiger partial charge in [0.25, 0.3) is 0 Å². The molecule has 2 aliphatic heterocycles. The molecule has 3 heterocycles. The lowest BCUT2D eigenvalue weighted by Crippen LogP contribution is -2.58. The molecule has 2 N–H and O–H groups in total. The van der Waals surface area contributed by atoms with Crippen LogP contribution in [0, 0.1) is 0 Å². The summed E-state index contributed by atoms with van der Waals surface area (Å²) in [6.07, 6.45) is 13.0. The lowest BCUT2D eigenvalue weighted by molar-refractivity contribution is 0.0815. The van der Waals surface area contributed by atoms with Crippen molar-refractivity contribution in [3.63, 3.8) is 0 Å². The molecule has 5 nitrogen and oxygen atoms in total. The van der Waals surface area contributed by atoms with Crippen molar-refractivity contribution < 1.29 is 0 Å². The summed E-state index contributed by atoms with van der Waals surface area (Å²) in [7, 11) is 0. The number of aromatic nitrogens is 2. The van der Waals surface area contributed by atoms with Gasteiger partial charge in [0.15, 0.2) is 0 Å². The minimum absolute atomic E-state index is 0.306. The van der Waals surface area contributed by atoms with E-state index in [9.17, 15) is 0 Å². The van der Waals surface area contributed by atoms with E-state index in [1.54, 1.807) is 0 Å². The number of nitrogens with two attached hydrogens (primary N) is 1. The van der Waals surface area contributed by atoms with Gasteiger partial charge in [0.1, 0.15) is 5.82 Å². The first-order chi connectivity index (χ1) is 12.7. The molecular weight excluding hydrogens is 322 g/mol. The number of fused-ring (bicyclic) bond motifs is 3. The third-order valence-corrected chi connectivity index (χ3v) is 7.70. The number of nitrogen functional groups attached to an aromatic ring is 1. The molecule has 142 valence electrons. The van der Waals surface area contributed by atoms with E-state index in [1.165, 1.54) is 74.9 Å². The Morgan fingerprint density at radius 3 is 2.65 bits per heavy atom. The highest BCUT2D eigenvalue weighted by Crippen LogP contribution is 2.49. The molecule has 0 amide bonds. The Morgan fingerprint density at radius 1 is 1.00 bits per heavy atom. The summed E-state index contributed by atoms with van der Waals surface area (Å²) in [6, 6.07) is 1.42. The van der Waals surface area contributed by atoms with Gasteiger partial charge in [-0.25, -0.2) is 4.98 Å². The van der Waals surface area contributed by atoms with E-state index in [0.717, 1.165) is 32.1 Å². The molecule has 3 fully saturated rings. The number of piperazine rings is 1. The first kappa shape index (κ1) is 16.8. The molecule has 1 aromatic rings. The summed E-state index contributed by atoms with van der Waals surface area (Å²) in [5.41, 5.74) is 9.30. The van der Waals surface area contributed by atoms with E-state index < -0.39 is 0 Å². The maximum absolute atomic E-state index is 6.23. The Morgan fingerprint density at radius 2 is 1.81 bits per heavy atom. The molecule has 0 radical (unpaired) electrons. The van der Waals surface area contributed by atoms with Crippen LogP contribution in [0.2, 0.25) is 0 Å². The van der Waals surface area contributed by atoms with Crippen molar-refractivity contribution in [1.29, 1.82) is 0 Å². The molecule has 0 bridgehead atoms. The van der Waals surface area contributed by atoms with Crippen LogP contribution in [0.15, 0.2) is 0 Å². The number of hydrogen-bond donors (Lipinski definition) is 1. The van der Waals surface area contributed by atoms with E-state index >= 15 is 0 Å². The zero-order valence-corrected chi connectivity index (χ0v) is 16.2. The number of piperidine rings is 1. The van der Waals surface area contributed by atoms with Gasteiger partial charge in [-0.1, -0.05) is 19.3 Å². The second-order valence-electron chi connectivity index (χ2n) is 9.19. The summed E-state index contributed by atoms with van der Waals surface area (Å²) in [6.45, 7) is 5.75. The standard InChI is InChI=1S/C21H33N5/c1-15-6-4-7-16-14-25(12-13-26(15)16)19-17-8-5-11-21(9-2-3-10-21)18(17)23-20(22)24-19/h15-16H,2-14H2,1H3,(H2,22,23,24). The van der Waals surface area contributed by atoms with Gasteiger partial charge in [-0.05, 0) is 51.9 Å². The monoisotopic (exact) mass is 355 g/mol. The van der Waals surface area contributed by atoms with Gasteiger partial charge >= 0.3 is 0 Å². The molecule has 2 saturated heterocycles. The molecule has 1 spiro atoms. The predicted octanol–water partition coefficient (Wildman–Crippen LogP) is 3.27. The summed E-state index contributed by atoms with van der Waals surface area (Å²) in [5, 5.41) is 0. The summed E-state index contributed by atoms with van der Waals surface area (Å²) < 4.78 is 0. The van der Waals surface area contributed by atoms with Crippen LogP contribution in [0.5, 0.6) is 0 Å². The van der Waals surface area contributed by atoms with Crippen molar-refractivity contribution in [1.82, 2.24) is 14.9 Å². The van der Waals surface area contributed by atoms with Crippen molar-refractivity contribution in [2.75, 3.05) is 30.3 Å². The van der Waals surface area contributed by atoms with Gasteiger partial charge in [-0.2, -0.15) is 4.98 Å². The van der Waals surface area contributed by atoms with Crippen LogP contribution in [-0.4, -0.2) is 46.6 Å². The lowest BCUT2D eigenvalue weighted by atomic mass is 9.71. The van der Waals surface area contributed by atoms with Gasteiger partial charge in [-0.15, -0.1) is 0 Å². The van der Waals surface area contributed by atoms with E-state index in [-0.39, 0.29) is 0 Å². The highest BCUT2D eigenvalue weighted by atomic mass is 15.3. The van der Waals surface area contributed by atoms with Crippen LogP contribution >= 0.6 is 0 Å². The number of nitrogens with zero attached hydrogens (tertiary/aromatic N) is 4. The first-order valence-corrected chi connectivity index (χ1v) is 10.8. The summed E-state index contributed by atoms with van der Waals surface area (Å²) >= 11 is 0. The zero-order chi connectivity index (χ0) is 17.7. The van der Waals surface area contributed by atoms with Crippen molar-refractivity contribution >= 4 is 11.8 Å². The maximum Gasteiger partial charge on any atom is 0.222 e. The van der Waals surface area contributed by atoms with Gasteiger partial charge in [0.05, 0.1) is 5.69 Å². The molecule has 1 aromatic heterocycles. The highest BCUT2D eigenvalue weighted by molar-refractivity contribution is 5.55. The molecule has 2 atom stereocenters. The Kier molecular flexibility index (Phi) is 4.11. The van der Waals surface area contributed by atoms with Gasteiger partial charge in [0.2, 0.25) is 5.95 Å². The van der Waals surface area contributed by atoms with Crippen LogP contribution in [0.1, 0.15) is 76.0 Å². The Bertz CT molecular complexity index is 681. The molecule has 5 heteroatoms. The van der Waals surface area contributed by atoms with Crippen molar-refractivity contribution in [2.24, 2.45) is 0 Å². The van der Waals surface area contributed by atoms with Crippen molar-refractivity contribution in [3.05, 3.63) is 11.3 Å². The normalized spacial score (nSPS) is 31.0. The number of rotatable bonds is 1. The maximum atomic E-state index is 6.23.